The van der Waals surface area contributed by atoms with Gasteiger partial charge in [-0.3, -0.25) is 9.20 Å². The summed E-state index contributed by atoms with van der Waals surface area (Å²) in [6.07, 6.45) is 2.44. The van der Waals surface area contributed by atoms with Crippen molar-refractivity contribution in [3.8, 4) is 17.2 Å². The first kappa shape index (κ1) is 19.1. The number of nitriles is 1. The summed E-state index contributed by atoms with van der Waals surface area (Å²) in [5.74, 6) is -0.159. The Morgan fingerprint density at radius 1 is 1.20 bits per heavy atom. The Morgan fingerprint density at radius 3 is 2.70 bits per heavy atom. The number of pyridine rings is 2. The number of fused-ring (bicyclic) bond motifs is 1. The minimum absolute atomic E-state index is 0.0690. The van der Waals surface area contributed by atoms with Gasteiger partial charge in [0.2, 0.25) is 0 Å². The lowest BCUT2D eigenvalue weighted by molar-refractivity contribution is 0.618. The number of nitrogens with zero attached hydrogens (tertiary/aromatic N) is 4. The van der Waals surface area contributed by atoms with Gasteiger partial charge in [0, 0.05) is 17.8 Å². The minimum Gasteiger partial charge on any atom is -0.382 e. The number of benzene rings is 1. The van der Waals surface area contributed by atoms with Crippen LogP contribution in [0.5, 0.6) is 0 Å². The topological polar surface area (TPSA) is 109 Å². The molecule has 7 nitrogen and oxygen atoms in total. The molecule has 0 aliphatic heterocycles. The fourth-order valence-electron chi connectivity index (χ4n) is 3.45. The highest BCUT2D eigenvalue weighted by Crippen LogP contribution is 2.33. The van der Waals surface area contributed by atoms with Crippen molar-refractivity contribution in [3.63, 3.8) is 0 Å². The van der Waals surface area contributed by atoms with Gasteiger partial charge in [0.25, 0.3) is 5.56 Å². The van der Waals surface area contributed by atoms with Crippen LogP contribution in [0.1, 0.15) is 24.1 Å². The van der Waals surface area contributed by atoms with E-state index in [-0.39, 0.29) is 22.8 Å². The average molecular weight is 400 g/mol. The second-order valence-electron chi connectivity index (χ2n) is 6.74. The van der Waals surface area contributed by atoms with E-state index < -0.39 is 11.9 Å². The van der Waals surface area contributed by atoms with Crippen LogP contribution >= 0.6 is 0 Å². The number of hydrogen-bond donors (Lipinski definition) is 2. The molecule has 0 spiro atoms. The summed E-state index contributed by atoms with van der Waals surface area (Å²) in [5.41, 5.74) is 8.43. The van der Waals surface area contributed by atoms with Gasteiger partial charge in [0.15, 0.2) is 0 Å². The summed E-state index contributed by atoms with van der Waals surface area (Å²) in [7, 11) is 0. The molecule has 3 aromatic heterocycles. The molecule has 3 heterocycles. The fraction of sp³-hybridized carbons (Fsp3) is 0.0909. The zero-order valence-corrected chi connectivity index (χ0v) is 16.0. The van der Waals surface area contributed by atoms with Gasteiger partial charge >= 0.3 is 0 Å². The third kappa shape index (κ3) is 3.33. The predicted molar refractivity (Wildman–Crippen MR) is 112 cm³/mol. The van der Waals surface area contributed by atoms with E-state index in [4.69, 9.17) is 5.73 Å². The van der Waals surface area contributed by atoms with Crippen molar-refractivity contribution in [2.45, 2.75) is 13.0 Å². The number of rotatable bonds is 4. The summed E-state index contributed by atoms with van der Waals surface area (Å²) in [5, 5.41) is 12.5. The van der Waals surface area contributed by atoms with Crippen LogP contribution in [0.2, 0.25) is 0 Å². The number of nitrogens with two attached hydrogens (primary N) is 1. The van der Waals surface area contributed by atoms with Crippen LogP contribution in [0, 0.1) is 17.1 Å². The van der Waals surface area contributed by atoms with Gasteiger partial charge in [-0.25, -0.2) is 14.4 Å². The predicted octanol–water partition coefficient (Wildman–Crippen LogP) is 3.52. The van der Waals surface area contributed by atoms with Crippen LogP contribution in [0.25, 0.3) is 16.6 Å². The quantitative estimate of drug-likeness (QED) is 0.542. The van der Waals surface area contributed by atoms with Crippen LogP contribution in [-0.2, 0) is 0 Å². The molecular formula is C22H17FN6O. The fourth-order valence-corrected chi connectivity index (χ4v) is 3.45. The molecule has 1 unspecified atom stereocenters. The Labute approximate surface area is 171 Å². The van der Waals surface area contributed by atoms with Crippen LogP contribution in [0.4, 0.5) is 16.0 Å². The number of nitrogen functional groups attached to an aromatic ring is 1. The Balaban J connectivity index is 1.93. The van der Waals surface area contributed by atoms with Gasteiger partial charge in [-0.1, -0.05) is 30.3 Å². The summed E-state index contributed by atoms with van der Waals surface area (Å²) in [6, 6.07) is 15.5. The van der Waals surface area contributed by atoms with Gasteiger partial charge in [0.1, 0.15) is 35.4 Å². The normalized spacial score (nSPS) is 11.8. The lowest BCUT2D eigenvalue weighted by Crippen LogP contribution is -2.19. The Kier molecular flexibility index (Phi) is 4.86. The van der Waals surface area contributed by atoms with Crippen molar-refractivity contribution < 1.29 is 4.39 Å². The summed E-state index contributed by atoms with van der Waals surface area (Å²) >= 11 is 0. The van der Waals surface area contributed by atoms with Gasteiger partial charge in [-0.05, 0) is 30.2 Å². The van der Waals surface area contributed by atoms with Crippen LogP contribution < -0.4 is 16.6 Å². The number of halogens is 1. The molecular weight excluding hydrogens is 383 g/mol. The number of nitrogens with one attached hydrogen (secondary N) is 1. The molecule has 0 saturated carbocycles. The smallest absolute Gasteiger partial charge is 0.255 e. The van der Waals surface area contributed by atoms with Crippen molar-refractivity contribution in [2.24, 2.45) is 0 Å². The minimum atomic E-state index is -0.502. The Hall–Kier alpha value is -4.25. The Morgan fingerprint density at radius 2 is 1.97 bits per heavy atom. The van der Waals surface area contributed by atoms with Crippen LogP contribution in [-0.4, -0.2) is 14.4 Å². The SMILES string of the molecule is CC(Nc1ncnc(N)c1C#N)c1cc(=O)n2cc(F)ccc2c1-c1ccccc1. The molecule has 4 aromatic rings. The van der Waals surface area contributed by atoms with Crippen molar-refractivity contribution >= 4 is 17.2 Å². The third-order valence-electron chi connectivity index (χ3n) is 4.84. The molecule has 0 saturated heterocycles. The summed E-state index contributed by atoms with van der Waals surface area (Å²) in [4.78, 5) is 20.7. The van der Waals surface area contributed by atoms with E-state index >= 15 is 0 Å². The second-order valence-corrected chi connectivity index (χ2v) is 6.74. The van der Waals surface area contributed by atoms with Gasteiger partial charge < -0.3 is 11.1 Å². The van der Waals surface area contributed by atoms with E-state index in [0.29, 0.717) is 11.1 Å². The van der Waals surface area contributed by atoms with E-state index in [2.05, 4.69) is 15.3 Å². The molecule has 8 heteroatoms. The van der Waals surface area contributed by atoms with Crippen molar-refractivity contribution in [3.05, 3.63) is 88.4 Å². The highest BCUT2D eigenvalue weighted by atomic mass is 19.1. The maximum absolute atomic E-state index is 13.8. The first-order chi connectivity index (χ1) is 14.5. The third-order valence-corrected chi connectivity index (χ3v) is 4.84. The highest BCUT2D eigenvalue weighted by molar-refractivity contribution is 5.83. The van der Waals surface area contributed by atoms with Gasteiger partial charge in [-0.15, -0.1) is 0 Å². The molecule has 1 atom stereocenters. The largest absolute Gasteiger partial charge is 0.382 e. The van der Waals surface area contributed by atoms with E-state index in [1.54, 1.807) is 6.07 Å². The molecule has 0 aliphatic rings. The van der Waals surface area contributed by atoms with E-state index in [0.717, 1.165) is 11.1 Å². The lowest BCUT2D eigenvalue weighted by Gasteiger charge is -2.21. The Bertz CT molecular complexity index is 1340. The summed E-state index contributed by atoms with van der Waals surface area (Å²) < 4.78 is 15.1. The molecule has 1 aromatic carbocycles. The van der Waals surface area contributed by atoms with Crippen molar-refractivity contribution in [2.75, 3.05) is 11.1 Å². The maximum Gasteiger partial charge on any atom is 0.255 e. The van der Waals surface area contributed by atoms with E-state index in [9.17, 15) is 14.4 Å². The first-order valence-electron chi connectivity index (χ1n) is 9.17. The standard InChI is InChI=1S/C22H17FN6O/c1-13(28-22-17(10-24)21(25)26-12-27-22)16-9-19(30)29-11-15(23)7-8-18(29)20(16)14-5-3-2-4-6-14/h2-9,11-13H,1H3,(H3,25,26,27,28). The van der Waals surface area contributed by atoms with Gasteiger partial charge in [0.05, 0.1) is 11.6 Å². The van der Waals surface area contributed by atoms with E-state index in [1.165, 1.54) is 29.1 Å². The molecule has 0 aliphatic carbocycles. The molecule has 3 N–H and O–H groups in total. The van der Waals surface area contributed by atoms with Gasteiger partial charge in [-0.2, -0.15) is 5.26 Å². The van der Waals surface area contributed by atoms with E-state index in [1.807, 2.05) is 43.3 Å². The highest BCUT2D eigenvalue weighted by Gasteiger charge is 2.19. The first-order valence-corrected chi connectivity index (χ1v) is 9.17. The average Bonchev–Trinajstić information content (AvgIpc) is 2.74. The summed E-state index contributed by atoms with van der Waals surface area (Å²) in [6.45, 7) is 1.85. The zero-order chi connectivity index (χ0) is 21.3. The maximum atomic E-state index is 13.8. The second kappa shape index (κ2) is 7.64. The molecule has 148 valence electrons. The van der Waals surface area contributed by atoms with Crippen molar-refractivity contribution in [1.82, 2.24) is 14.4 Å². The molecule has 0 amide bonds. The molecule has 0 fully saturated rings. The number of anilines is 2. The lowest BCUT2D eigenvalue weighted by atomic mass is 9.95. The monoisotopic (exact) mass is 400 g/mol. The van der Waals surface area contributed by atoms with Crippen molar-refractivity contribution in [1.29, 1.82) is 5.26 Å². The zero-order valence-electron chi connectivity index (χ0n) is 16.0. The number of aromatic nitrogens is 3. The number of hydrogen-bond acceptors (Lipinski definition) is 6. The molecule has 4 rings (SSSR count). The van der Waals surface area contributed by atoms with Crippen LogP contribution in [0.15, 0.2) is 65.8 Å². The molecule has 0 radical (unpaired) electrons. The van der Waals surface area contributed by atoms with Crippen LogP contribution in [0.3, 0.4) is 0 Å². The molecule has 0 bridgehead atoms. The molecule has 30 heavy (non-hydrogen) atoms.